The van der Waals surface area contributed by atoms with E-state index in [4.69, 9.17) is 27.9 Å². The standard InChI is InChI=1S/C16H10Cl2FN3O5S2/c1-21-14(20-15(23)27-9-5-3-2-4-6-9)10(19)8-22(16(21)24)29(25,26)11-7-12(17)28-13(11)18/h2-8H,1H3. The summed E-state index contributed by atoms with van der Waals surface area (Å²) in [5.74, 6) is -1.10. The largest absolute Gasteiger partial charge is 0.441 e. The molecule has 2 aromatic heterocycles. The first kappa shape index (κ1) is 21.2. The van der Waals surface area contributed by atoms with Crippen LogP contribution in [-0.4, -0.2) is 23.1 Å². The Labute approximate surface area is 177 Å². The third kappa shape index (κ3) is 4.27. The lowest BCUT2D eigenvalue weighted by atomic mass is 10.3. The molecule has 0 aliphatic heterocycles. The highest BCUT2D eigenvalue weighted by molar-refractivity contribution is 7.90. The van der Waals surface area contributed by atoms with Gasteiger partial charge < -0.3 is 4.74 Å². The van der Waals surface area contributed by atoms with E-state index in [1.807, 2.05) is 0 Å². The zero-order valence-electron chi connectivity index (χ0n) is 14.4. The van der Waals surface area contributed by atoms with Crippen LogP contribution in [0.4, 0.5) is 9.18 Å². The Morgan fingerprint density at radius 3 is 2.48 bits per heavy atom. The molecular formula is C16H10Cl2FN3O5S2. The molecule has 3 aromatic rings. The van der Waals surface area contributed by atoms with Crippen LogP contribution in [0, 0.1) is 5.82 Å². The highest BCUT2D eigenvalue weighted by Crippen LogP contribution is 2.34. The van der Waals surface area contributed by atoms with E-state index in [0.717, 1.165) is 24.5 Å². The van der Waals surface area contributed by atoms with Crippen LogP contribution in [0.5, 0.6) is 5.75 Å². The Balaban J connectivity index is 2.08. The first-order chi connectivity index (χ1) is 13.6. The minimum absolute atomic E-state index is 0.0711. The molecule has 0 N–H and O–H groups in total. The van der Waals surface area contributed by atoms with E-state index in [1.54, 1.807) is 18.2 Å². The van der Waals surface area contributed by atoms with Crippen molar-refractivity contribution in [2.75, 3.05) is 0 Å². The third-order valence-electron chi connectivity index (χ3n) is 3.55. The number of rotatable bonds is 3. The molecule has 1 amide bonds. The molecule has 29 heavy (non-hydrogen) atoms. The van der Waals surface area contributed by atoms with Crippen molar-refractivity contribution >= 4 is 50.7 Å². The van der Waals surface area contributed by atoms with Gasteiger partial charge in [-0.15, -0.1) is 11.3 Å². The molecule has 0 saturated heterocycles. The van der Waals surface area contributed by atoms with Crippen molar-refractivity contribution in [1.82, 2.24) is 8.54 Å². The van der Waals surface area contributed by atoms with E-state index in [9.17, 15) is 22.4 Å². The van der Waals surface area contributed by atoms with Crippen LogP contribution >= 0.6 is 34.5 Å². The fourth-order valence-electron chi connectivity index (χ4n) is 2.22. The van der Waals surface area contributed by atoms with Gasteiger partial charge in [0.1, 0.15) is 15.0 Å². The van der Waals surface area contributed by atoms with E-state index >= 15 is 0 Å². The molecule has 2 heterocycles. The summed E-state index contributed by atoms with van der Waals surface area (Å²) in [4.78, 5) is 27.4. The summed E-state index contributed by atoms with van der Waals surface area (Å²) in [5.41, 5.74) is -1.90. The summed E-state index contributed by atoms with van der Waals surface area (Å²) in [6, 6.07) is 8.91. The Kier molecular flexibility index (Phi) is 5.94. The first-order valence-corrected chi connectivity index (χ1v) is 10.6. The van der Waals surface area contributed by atoms with Crippen LogP contribution in [0.3, 0.4) is 0 Å². The molecule has 152 valence electrons. The normalized spacial score (nSPS) is 12.2. The van der Waals surface area contributed by atoms with E-state index in [0.29, 0.717) is 10.8 Å². The van der Waals surface area contributed by atoms with Gasteiger partial charge in [0.05, 0.1) is 10.5 Å². The number of benzene rings is 1. The van der Waals surface area contributed by atoms with Crippen LogP contribution in [-0.2, 0) is 17.1 Å². The van der Waals surface area contributed by atoms with Crippen molar-refractivity contribution in [3.05, 3.63) is 73.1 Å². The van der Waals surface area contributed by atoms with Gasteiger partial charge in [0.25, 0.3) is 10.0 Å². The van der Waals surface area contributed by atoms with Crippen LogP contribution in [0.2, 0.25) is 8.67 Å². The molecule has 0 bridgehead atoms. The van der Waals surface area contributed by atoms with Crippen LogP contribution in [0.1, 0.15) is 0 Å². The molecule has 0 radical (unpaired) electrons. The summed E-state index contributed by atoms with van der Waals surface area (Å²) in [6.45, 7) is 0. The van der Waals surface area contributed by atoms with Crippen LogP contribution < -0.4 is 15.9 Å². The van der Waals surface area contributed by atoms with Gasteiger partial charge in [0.15, 0.2) is 11.3 Å². The molecule has 0 aliphatic carbocycles. The van der Waals surface area contributed by atoms with Gasteiger partial charge in [-0.3, -0.25) is 4.57 Å². The number of hydrogen-bond acceptors (Lipinski definition) is 6. The van der Waals surface area contributed by atoms with Crippen molar-refractivity contribution < 1.29 is 22.3 Å². The molecule has 0 unspecified atom stereocenters. The number of para-hydroxylation sites is 1. The maximum absolute atomic E-state index is 14.5. The number of ether oxygens (including phenoxy) is 1. The molecule has 0 spiro atoms. The minimum atomic E-state index is -4.54. The Morgan fingerprint density at radius 1 is 1.24 bits per heavy atom. The van der Waals surface area contributed by atoms with Crippen molar-refractivity contribution in [3.63, 3.8) is 0 Å². The van der Waals surface area contributed by atoms with Crippen LogP contribution in [0.15, 0.2) is 57.3 Å². The highest BCUT2D eigenvalue weighted by Gasteiger charge is 2.26. The monoisotopic (exact) mass is 477 g/mol. The average Bonchev–Trinajstić information content (AvgIpc) is 3.01. The molecular weight excluding hydrogens is 468 g/mol. The van der Waals surface area contributed by atoms with Gasteiger partial charge in [-0.2, -0.15) is 8.96 Å². The molecule has 3 rings (SSSR count). The SMILES string of the molecule is Cn1c(=NC(=O)Oc2ccccc2)c(F)cn(S(=O)(=O)c2cc(Cl)sc2Cl)c1=O. The maximum atomic E-state index is 14.5. The number of thiophene rings is 1. The maximum Gasteiger partial charge on any atom is 0.441 e. The van der Waals surface area contributed by atoms with Gasteiger partial charge in [-0.25, -0.2) is 22.4 Å². The summed E-state index contributed by atoms with van der Waals surface area (Å²) >= 11 is 12.4. The van der Waals surface area contributed by atoms with Gasteiger partial charge in [-0.05, 0) is 18.2 Å². The number of aromatic nitrogens is 2. The first-order valence-electron chi connectivity index (χ1n) is 7.61. The summed E-state index contributed by atoms with van der Waals surface area (Å²) in [5, 5.41) is 0. The fraction of sp³-hybridized carbons (Fsp3) is 0.0625. The minimum Gasteiger partial charge on any atom is -0.409 e. The number of hydrogen-bond donors (Lipinski definition) is 0. The van der Waals surface area contributed by atoms with E-state index < -0.39 is 38.0 Å². The Hall–Kier alpha value is -2.47. The summed E-state index contributed by atoms with van der Waals surface area (Å²) in [6.07, 6.45) is -0.799. The average molecular weight is 478 g/mol. The van der Waals surface area contributed by atoms with Crippen LogP contribution in [0.25, 0.3) is 0 Å². The molecule has 0 fully saturated rings. The zero-order valence-corrected chi connectivity index (χ0v) is 17.5. The van der Waals surface area contributed by atoms with Gasteiger partial charge in [0.2, 0.25) is 0 Å². The quantitative estimate of drug-likeness (QED) is 0.576. The highest BCUT2D eigenvalue weighted by atomic mass is 35.5. The van der Waals surface area contributed by atoms with E-state index in [-0.39, 0.29) is 18.4 Å². The number of amides is 1. The molecule has 1 aromatic carbocycles. The number of nitrogens with zero attached hydrogens (tertiary/aromatic N) is 3. The van der Waals surface area contributed by atoms with Crippen molar-refractivity contribution in [3.8, 4) is 5.75 Å². The number of carbonyl (C=O) groups excluding carboxylic acids is 1. The van der Waals surface area contributed by atoms with E-state index in [1.165, 1.54) is 12.1 Å². The molecule has 0 aliphatic rings. The zero-order chi connectivity index (χ0) is 21.3. The third-order valence-corrected chi connectivity index (χ3v) is 6.93. The second-order valence-corrected chi connectivity index (χ2v) is 9.49. The van der Waals surface area contributed by atoms with E-state index in [2.05, 4.69) is 4.99 Å². The molecule has 0 saturated carbocycles. The summed E-state index contributed by atoms with van der Waals surface area (Å²) in [7, 11) is -3.49. The Morgan fingerprint density at radius 2 is 1.90 bits per heavy atom. The van der Waals surface area contributed by atoms with Crippen molar-refractivity contribution in [1.29, 1.82) is 0 Å². The smallest absolute Gasteiger partial charge is 0.409 e. The van der Waals surface area contributed by atoms with Gasteiger partial charge >= 0.3 is 11.8 Å². The lowest BCUT2D eigenvalue weighted by molar-refractivity contribution is 0.209. The molecule has 8 nitrogen and oxygen atoms in total. The van der Waals surface area contributed by atoms with Crippen molar-refractivity contribution in [2.45, 2.75) is 4.90 Å². The number of carbonyl (C=O) groups is 1. The summed E-state index contributed by atoms with van der Waals surface area (Å²) < 4.78 is 45.4. The lowest BCUT2D eigenvalue weighted by Crippen LogP contribution is -2.42. The lowest BCUT2D eigenvalue weighted by Gasteiger charge is -2.09. The fourth-order valence-corrected chi connectivity index (χ4v) is 5.60. The predicted molar refractivity (Wildman–Crippen MR) is 105 cm³/mol. The van der Waals surface area contributed by atoms with Crippen molar-refractivity contribution in [2.24, 2.45) is 12.0 Å². The second-order valence-electron chi connectivity index (χ2n) is 5.42. The molecule has 13 heteroatoms. The second kappa shape index (κ2) is 8.11. The van der Waals surface area contributed by atoms with Gasteiger partial charge in [-0.1, -0.05) is 41.4 Å². The number of halogens is 3. The molecule has 0 atom stereocenters. The van der Waals surface area contributed by atoms with Gasteiger partial charge in [0, 0.05) is 7.05 Å². The predicted octanol–water partition coefficient (Wildman–Crippen LogP) is 3.03. The Bertz CT molecular complexity index is 1330. The topological polar surface area (TPSA) is 99.7 Å².